The predicted octanol–water partition coefficient (Wildman–Crippen LogP) is -3.63. The summed E-state index contributed by atoms with van der Waals surface area (Å²) in [6.45, 7) is 6.42. The zero-order valence-electron chi connectivity index (χ0n) is 25.5. The van der Waals surface area contributed by atoms with Crippen molar-refractivity contribution in [3.05, 3.63) is 0 Å². The first-order valence-electron chi connectivity index (χ1n) is 14.4. The molecule has 0 bridgehead atoms. The fourth-order valence-electron chi connectivity index (χ4n) is 4.47. The summed E-state index contributed by atoms with van der Waals surface area (Å²) in [5, 5.41) is 29.5. The number of rotatable bonds is 17. The number of amides is 5. The Balaban J connectivity index is 2.90. The maximum atomic E-state index is 13.3. The third-order valence-corrected chi connectivity index (χ3v) is 7.36. The van der Waals surface area contributed by atoms with Crippen LogP contribution in [0.2, 0.25) is 0 Å². The van der Waals surface area contributed by atoms with Crippen LogP contribution in [0.1, 0.15) is 53.4 Å². The summed E-state index contributed by atoms with van der Waals surface area (Å²) in [5.41, 5.74) is 16.2. The van der Waals surface area contributed by atoms with Crippen molar-refractivity contribution >= 4 is 54.1 Å². The van der Waals surface area contributed by atoms with Crippen LogP contribution in [-0.4, -0.2) is 118 Å². The maximum Gasteiger partial charge on any atom is 0.326 e. The van der Waals surface area contributed by atoms with Crippen molar-refractivity contribution in [2.45, 2.75) is 95.7 Å². The first-order chi connectivity index (χ1) is 20.5. The average Bonchev–Trinajstić information content (AvgIpc) is 3.44. The second kappa shape index (κ2) is 18.2. The van der Waals surface area contributed by atoms with Crippen LogP contribution in [0.3, 0.4) is 0 Å². The molecule has 18 heteroatoms. The summed E-state index contributed by atoms with van der Waals surface area (Å²) < 4.78 is 0. The molecule has 0 aromatic rings. The van der Waals surface area contributed by atoms with Crippen LogP contribution >= 0.6 is 12.6 Å². The average molecular weight is 646 g/mol. The van der Waals surface area contributed by atoms with Gasteiger partial charge in [0.25, 0.3) is 0 Å². The smallest absolute Gasteiger partial charge is 0.326 e. The first-order valence-corrected chi connectivity index (χ1v) is 15.0. The van der Waals surface area contributed by atoms with E-state index in [1.165, 1.54) is 18.7 Å². The SMILES string of the molecule is CC(C)[C@H](NC(=O)[C@@H](NC(=O)[C@@H](N)CS)[C@@H](C)O)C(=O)N[C@@H](C)C(=O)N1CCC[C@H]1C(=O)N[C@@H](CCCN=C(N)N)C(=O)O. The number of carboxylic acids is 1. The molecule has 0 unspecified atom stereocenters. The Morgan fingerprint density at radius 3 is 2.07 bits per heavy atom. The zero-order valence-corrected chi connectivity index (χ0v) is 26.4. The minimum atomic E-state index is -1.41. The van der Waals surface area contributed by atoms with Gasteiger partial charge in [-0.1, -0.05) is 13.8 Å². The van der Waals surface area contributed by atoms with E-state index in [1.54, 1.807) is 13.8 Å². The van der Waals surface area contributed by atoms with E-state index in [0.717, 1.165) is 0 Å². The van der Waals surface area contributed by atoms with E-state index >= 15 is 0 Å². The van der Waals surface area contributed by atoms with Crippen LogP contribution in [0.25, 0.3) is 0 Å². The number of guanidine groups is 1. The fourth-order valence-corrected chi connectivity index (χ4v) is 4.64. The van der Waals surface area contributed by atoms with E-state index in [0.29, 0.717) is 19.3 Å². The summed E-state index contributed by atoms with van der Waals surface area (Å²) in [6.07, 6.45) is -0.172. The number of hydrogen-bond donors (Lipinski definition) is 10. The summed E-state index contributed by atoms with van der Waals surface area (Å²) in [7, 11) is 0. The van der Waals surface area contributed by atoms with Crippen molar-refractivity contribution in [2.75, 3.05) is 18.8 Å². The highest BCUT2D eigenvalue weighted by atomic mass is 32.1. The number of nitrogens with one attached hydrogen (secondary N) is 4. The molecule has 17 nitrogen and oxygen atoms in total. The number of aliphatic carboxylic acids is 1. The molecule has 7 atom stereocenters. The van der Waals surface area contributed by atoms with E-state index < -0.39 is 83.8 Å². The Bertz CT molecular complexity index is 1070. The molecule has 0 aromatic heterocycles. The highest BCUT2D eigenvalue weighted by Gasteiger charge is 2.39. The number of thiol groups is 1. The van der Waals surface area contributed by atoms with Crippen molar-refractivity contribution in [2.24, 2.45) is 28.1 Å². The molecule has 0 saturated carbocycles. The summed E-state index contributed by atoms with van der Waals surface area (Å²) >= 11 is 3.94. The number of hydrogen-bond acceptors (Lipinski definition) is 10. The Hall–Kier alpha value is -3.64. The van der Waals surface area contributed by atoms with Gasteiger partial charge in [0.15, 0.2) is 5.96 Å². The predicted molar refractivity (Wildman–Crippen MR) is 164 cm³/mol. The van der Waals surface area contributed by atoms with Crippen molar-refractivity contribution in [3.8, 4) is 0 Å². The van der Waals surface area contributed by atoms with E-state index in [9.17, 15) is 39.0 Å². The van der Waals surface area contributed by atoms with Gasteiger partial charge in [0.1, 0.15) is 30.2 Å². The van der Waals surface area contributed by atoms with Gasteiger partial charge < -0.3 is 53.6 Å². The van der Waals surface area contributed by atoms with E-state index in [-0.39, 0.29) is 31.2 Å². The van der Waals surface area contributed by atoms with Gasteiger partial charge in [-0.3, -0.25) is 29.0 Å². The van der Waals surface area contributed by atoms with E-state index in [1.807, 2.05) is 0 Å². The van der Waals surface area contributed by atoms with Gasteiger partial charge in [-0.05, 0) is 45.4 Å². The van der Waals surface area contributed by atoms with E-state index in [2.05, 4.69) is 38.9 Å². The molecule has 44 heavy (non-hydrogen) atoms. The molecule has 1 aliphatic heterocycles. The number of carbonyl (C=O) groups is 6. The normalized spacial score (nSPS) is 18.6. The lowest BCUT2D eigenvalue weighted by molar-refractivity contribution is -0.145. The quantitative estimate of drug-likeness (QED) is 0.0319. The molecule has 1 saturated heterocycles. The van der Waals surface area contributed by atoms with Crippen LogP contribution in [0.5, 0.6) is 0 Å². The number of aliphatic imine (C=N–C) groups is 1. The zero-order chi connectivity index (χ0) is 33.7. The molecule has 1 rings (SSSR count). The maximum absolute atomic E-state index is 13.3. The second-order valence-corrected chi connectivity index (χ2v) is 11.4. The van der Waals surface area contributed by atoms with Crippen LogP contribution < -0.4 is 38.5 Å². The molecule has 0 aromatic carbocycles. The molecule has 250 valence electrons. The summed E-state index contributed by atoms with van der Waals surface area (Å²) in [5.74, 6) is -5.30. The van der Waals surface area contributed by atoms with Crippen molar-refractivity contribution < 1.29 is 39.0 Å². The largest absolute Gasteiger partial charge is 0.480 e. The Labute approximate surface area is 261 Å². The molecule has 1 heterocycles. The third-order valence-electron chi connectivity index (χ3n) is 6.97. The van der Waals surface area contributed by atoms with Gasteiger partial charge in [0.2, 0.25) is 29.5 Å². The highest BCUT2D eigenvalue weighted by Crippen LogP contribution is 2.19. The summed E-state index contributed by atoms with van der Waals surface area (Å²) in [4.78, 5) is 81.4. The van der Waals surface area contributed by atoms with Gasteiger partial charge in [-0.15, -0.1) is 0 Å². The molecule has 12 N–H and O–H groups in total. The van der Waals surface area contributed by atoms with Crippen LogP contribution in [0.4, 0.5) is 0 Å². The highest BCUT2D eigenvalue weighted by molar-refractivity contribution is 7.80. The Kier molecular flexibility index (Phi) is 15.9. The summed E-state index contributed by atoms with van der Waals surface area (Å²) in [6, 6.07) is -6.85. The number of carboxylic acid groups (broad SMARTS) is 1. The van der Waals surface area contributed by atoms with Gasteiger partial charge in [-0.2, -0.15) is 12.6 Å². The van der Waals surface area contributed by atoms with Gasteiger partial charge in [-0.25, -0.2) is 4.79 Å². The first kappa shape index (κ1) is 38.4. The Morgan fingerprint density at radius 1 is 0.955 bits per heavy atom. The van der Waals surface area contributed by atoms with Crippen LogP contribution in [0, 0.1) is 5.92 Å². The van der Waals surface area contributed by atoms with Gasteiger partial charge >= 0.3 is 5.97 Å². The van der Waals surface area contributed by atoms with Gasteiger partial charge in [0, 0.05) is 18.8 Å². The number of carbonyl (C=O) groups excluding carboxylic acids is 5. The number of nitrogens with two attached hydrogens (primary N) is 3. The van der Waals surface area contributed by atoms with Crippen molar-refractivity contribution in [1.29, 1.82) is 0 Å². The lowest BCUT2D eigenvalue weighted by Crippen LogP contribution is -2.61. The monoisotopic (exact) mass is 645 g/mol. The van der Waals surface area contributed by atoms with Crippen molar-refractivity contribution in [3.63, 3.8) is 0 Å². The molecule has 0 aliphatic carbocycles. The number of nitrogens with zero attached hydrogens (tertiary/aromatic N) is 2. The molecule has 1 fully saturated rings. The minimum Gasteiger partial charge on any atom is -0.480 e. The molecular weight excluding hydrogens is 598 g/mol. The third kappa shape index (κ3) is 11.8. The lowest BCUT2D eigenvalue weighted by atomic mass is 10.0. The van der Waals surface area contributed by atoms with Crippen molar-refractivity contribution in [1.82, 2.24) is 26.2 Å². The number of aliphatic hydroxyl groups is 1. The minimum absolute atomic E-state index is 0.00327. The lowest BCUT2D eigenvalue weighted by Gasteiger charge is -2.30. The van der Waals surface area contributed by atoms with Gasteiger partial charge in [0.05, 0.1) is 12.1 Å². The number of aliphatic hydroxyl groups excluding tert-OH is 1. The van der Waals surface area contributed by atoms with E-state index in [4.69, 9.17) is 17.2 Å². The molecule has 0 radical (unpaired) electrons. The second-order valence-electron chi connectivity index (χ2n) is 11.0. The van der Waals surface area contributed by atoms with Crippen LogP contribution in [0.15, 0.2) is 4.99 Å². The van der Waals surface area contributed by atoms with Crippen LogP contribution in [-0.2, 0) is 28.8 Å². The Morgan fingerprint density at radius 2 is 1.55 bits per heavy atom. The molecule has 5 amide bonds. The standard InChI is InChI=1S/C26H47N9O8S/c1-12(2)18(33-23(40)19(14(4)36)34-20(37)15(27)11-44)22(39)31-13(3)24(41)35-10-6-8-17(35)21(38)32-16(25(42)43)7-5-9-30-26(28)29/h12-19,36,44H,5-11,27H2,1-4H3,(H,31,39)(H,32,38)(H,33,40)(H,34,37)(H,42,43)(H4,28,29,30)/t13-,14+,15-,16-,17-,18-,19-/m0/s1. The number of likely N-dealkylation sites (tertiary alicyclic amines) is 1. The molecule has 1 aliphatic rings. The molecular formula is C26H47N9O8S. The topological polar surface area (TPSA) is 285 Å². The fraction of sp³-hybridized carbons (Fsp3) is 0.731. The molecule has 0 spiro atoms.